The molecule has 5 rings (SSSR count). The van der Waals surface area contributed by atoms with Gasteiger partial charge in [-0.2, -0.15) is 0 Å². The Morgan fingerprint density at radius 3 is 2.22 bits per heavy atom. The number of para-hydroxylation sites is 1. The van der Waals surface area contributed by atoms with E-state index in [2.05, 4.69) is 10.6 Å². The topological polar surface area (TPSA) is 110 Å². The molecule has 3 aromatic carbocycles. The first-order valence-electron chi connectivity index (χ1n) is 12.7. The number of hydrogen-bond acceptors (Lipinski definition) is 6. The maximum absolute atomic E-state index is 13.1. The van der Waals surface area contributed by atoms with Gasteiger partial charge in [-0.3, -0.25) is 24.1 Å². The van der Waals surface area contributed by atoms with Crippen LogP contribution in [0.4, 0.5) is 16.2 Å². The molecular weight excluding hydrogens is 564 g/mol. The summed E-state index contributed by atoms with van der Waals surface area (Å²) in [5.41, 5.74) is 2.60. The van der Waals surface area contributed by atoms with E-state index in [1.165, 1.54) is 0 Å². The molecule has 4 amide bonds. The van der Waals surface area contributed by atoms with Crippen molar-refractivity contribution in [2.45, 2.75) is 13.5 Å². The van der Waals surface area contributed by atoms with E-state index in [9.17, 15) is 19.2 Å². The van der Waals surface area contributed by atoms with E-state index in [4.69, 9.17) is 16.3 Å². The Balaban J connectivity index is 1.29. The summed E-state index contributed by atoms with van der Waals surface area (Å²) in [4.78, 5) is 52.2. The Kier molecular flexibility index (Phi) is 8.42. The predicted molar refractivity (Wildman–Crippen MR) is 161 cm³/mol. The quantitative estimate of drug-likeness (QED) is 0.232. The molecule has 2 heterocycles. The van der Waals surface area contributed by atoms with Crippen LogP contribution in [0.15, 0.2) is 83.9 Å². The van der Waals surface area contributed by atoms with E-state index in [0.717, 1.165) is 27.6 Å². The number of nitrogens with one attached hydrogen (secondary N) is 2. The summed E-state index contributed by atoms with van der Waals surface area (Å²) in [5.74, 6) is -0.622. The third-order valence-electron chi connectivity index (χ3n) is 6.17. The SMILES string of the molecule is CCOc1ccc(NC(=O)CN2C(=O)SC(=Cc3cn(CC(=O)Nc4ccc(Cl)cc4)c4ccccc34)C2=O)cc1. The molecule has 11 heteroatoms. The van der Waals surface area contributed by atoms with Gasteiger partial charge in [-0.1, -0.05) is 29.8 Å². The molecule has 0 aliphatic carbocycles. The van der Waals surface area contributed by atoms with Crippen LogP contribution in [0.1, 0.15) is 12.5 Å². The molecule has 0 unspecified atom stereocenters. The number of hydrogen-bond donors (Lipinski definition) is 2. The van der Waals surface area contributed by atoms with Crippen LogP contribution in [0.3, 0.4) is 0 Å². The first kappa shape index (κ1) is 28.0. The highest BCUT2D eigenvalue weighted by molar-refractivity contribution is 8.18. The van der Waals surface area contributed by atoms with Crippen molar-refractivity contribution >= 4 is 74.7 Å². The number of imide groups is 1. The number of carbonyl (C=O) groups is 4. The molecule has 1 aliphatic rings. The van der Waals surface area contributed by atoms with Gasteiger partial charge in [0, 0.05) is 39.1 Å². The number of fused-ring (bicyclic) bond motifs is 1. The molecule has 0 bridgehead atoms. The molecule has 9 nitrogen and oxygen atoms in total. The first-order chi connectivity index (χ1) is 19.8. The summed E-state index contributed by atoms with van der Waals surface area (Å²) in [6.07, 6.45) is 3.38. The van der Waals surface area contributed by atoms with Gasteiger partial charge < -0.3 is 19.9 Å². The van der Waals surface area contributed by atoms with E-state index in [0.29, 0.717) is 34.3 Å². The number of rotatable bonds is 9. The maximum Gasteiger partial charge on any atom is 0.294 e. The number of nitrogens with zero attached hydrogens (tertiary/aromatic N) is 2. The van der Waals surface area contributed by atoms with Crippen molar-refractivity contribution in [3.8, 4) is 5.75 Å². The summed E-state index contributed by atoms with van der Waals surface area (Å²) in [6, 6.07) is 21.1. The summed E-state index contributed by atoms with van der Waals surface area (Å²) < 4.78 is 7.17. The fraction of sp³-hybridized carbons (Fsp3) is 0.133. The lowest BCUT2D eigenvalue weighted by Gasteiger charge is -2.12. The van der Waals surface area contributed by atoms with Crippen molar-refractivity contribution in [2.24, 2.45) is 0 Å². The highest BCUT2D eigenvalue weighted by Gasteiger charge is 2.36. The third kappa shape index (κ3) is 6.62. The average molecular weight is 589 g/mol. The van der Waals surface area contributed by atoms with Crippen LogP contribution in [0.25, 0.3) is 17.0 Å². The van der Waals surface area contributed by atoms with E-state index >= 15 is 0 Å². The van der Waals surface area contributed by atoms with Gasteiger partial charge in [0.2, 0.25) is 11.8 Å². The van der Waals surface area contributed by atoms with Gasteiger partial charge >= 0.3 is 0 Å². The second kappa shape index (κ2) is 12.3. The molecule has 1 fully saturated rings. The number of benzene rings is 3. The molecule has 4 aromatic rings. The predicted octanol–water partition coefficient (Wildman–Crippen LogP) is 6.01. The average Bonchev–Trinajstić information content (AvgIpc) is 3.42. The summed E-state index contributed by atoms with van der Waals surface area (Å²) in [5, 5.41) is 6.38. The molecule has 1 aromatic heterocycles. The van der Waals surface area contributed by atoms with Crippen molar-refractivity contribution in [1.82, 2.24) is 9.47 Å². The molecule has 208 valence electrons. The van der Waals surface area contributed by atoms with E-state index in [1.54, 1.807) is 65.4 Å². The van der Waals surface area contributed by atoms with Crippen molar-refractivity contribution in [2.75, 3.05) is 23.8 Å². The number of ether oxygens (including phenoxy) is 1. The van der Waals surface area contributed by atoms with Crippen LogP contribution >= 0.6 is 23.4 Å². The Bertz CT molecular complexity index is 1660. The smallest absolute Gasteiger partial charge is 0.294 e. The lowest BCUT2D eigenvalue weighted by molar-refractivity contribution is -0.127. The number of carbonyl (C=O) groups excluding carboxylic acids is 4. The van der Waals surface area contributed by atoms with Crippen molar-refractivity contribution in [3.63, 3.8) is 0 Å². The third-order valence-corrected chi connectivity index (χ3v) is 7.33. The Labute approximate surface area is 245 Å². The molecular formula is C30H25ClN4O5S. The number of halogens is 1. The van der Waals surface area contributed by atoms with Gasteiger partial charge in [0.25, 0.3) is 11.1 Å². The van der Waals surface area contributed by atoms with Crippen molar-refractivity contribution in [1.29, 1.82) is 0 Å². The normalized spacial score (nSPS) is 14.1. The molecule has 0 saturated carbocycles. The Morgan fingerprint density at radius 1 is 0.902 bits per heavy atom. The van der Waals surface area contributed by atoms with Crippen LogP contribution in [0.5, 0.6) is 5.75 Å². The molecule has 0 spiro atoms. The second-order valence-electron chi connectivity index (χ2n) is 9.06. The largest absolute Gasteiger partial charge is 0.494 e. The van der Waals surface area contributed by atoms with Gasteiger partial charge in [-0.15, -0.1) is 0 Å². The summed E-state index contributed by atoms with van der Waals surface area (Å²) in [6.45, 7) is 2.02. The highest BCUT2D eigenvalue weighted by atomic mass is 35.5. The van der Waals surface area contributed by atoms with Crippen LogP contribution in [-0.2, 0) is 20.9 Å². The first-order valence-corrected chi connectivity index (χ1v) is 13.9. The highest BCUT2D eigenvalue weighted by Crippen LogP contribution is 2.34. The molecule has 0 atom stereocenters. The minimum absolute atomic E-state index is 0.0319. The monoisotopic (exact) mass is 588 g/mol. The summed E-state index contributed by atoms with van der Waals surface area (Å²) in [7, 11) is 0. The van der Waals surface area contributed by atoms with Crippen LogP contribution in [0.2, 0.25) is 5.02 Å². The zero-order chi connectivity index (χ0) is 28.9. The lowest BCUT2D eigenvalue weighted by atomic mass is 10.1. The minimum Gasteiger partial charge on any atom is -0.494 e. The summed E-state index contributed by atoms with van der Waals surface area (Å²) >= 11 is 6.69. The zero-order valence-electron chi connectivity index (χ0n) is 21.9. The van der Waals surface area contributed by atoms with Crippen LogP contribution < -0.4 is 15.4 Å². The Hall–Kier alpha value is -4.54. The number of thioether (sulfide) groups is 1. The van der Waals surface area contributed by atoms with Gasteiger partial charge in [-0.25, -0.2) is 0 Å². The van der Waals surface area contributed by atoms with E-state index in [-0.39, 0.29) is 17.4 Å². The number of anilines is 2. The second-order valence-corrected chi connectivity index (χ2v) is 10.5. The van der Waals surface area contributed by atoms with E-state index < -0.39 is 23.6 Å². The van der Waals surface area contributed by atoms with Gasteiger partial charge in [-0.05, 0) is 79.4 Å². The number of aromatic nitrogens is 1. The van der Waals surface area contributed by atoms with Crippen LogP contribution in [-0.4, -0.2) is 45.6 Å². The lowest BCUT2D eigenvalue weighted by Crippen LogP contribution is -2.36. The van der Waals surface area contributed by atoms with Gasteiger partial charge in [0.15, 0.2) is 0 Å². The van der Waals surface area contributed by atoms with Crippen molar-refractivity contribution in [3.05, 3.63) is 94.5 Å². The number of amides is 4. The molecule has 0 radical (unpaired) electrons. The van der Waals surface area contributed by atoms with Crippen molar-refractivity contribution < 1.29 is 23.9 Å². The minimum atomic E-state index is -0.556. The fourth-order valence-electron chi connectivity index (χ4n) is 4.33. The molecule has 1 saturated heterocycles. The molecule has 41 heavy (non-hydrogen) atoms. The zero-order valence-corrected chi connectivity index (χ0v) is 23.5. The maximum atomic E-state index is 13.1. The van der Waals surface area contributed by atoms with Crippen LogP contribution in [0, 0.1) is 0 Å². The Morgan fingerprint density at radius 2 is 1.54 bits per heavy atom. The standard InChI is InChI=1S/C30H25ClN4O5S/c1-2-40-23-13-11-22(12-14-23)33-28(37)18-35-29(38)26(41-30(35)39)15-19-16-34(25-6-4-3-5-24(19)25)17-27(36)32-21-9-7-20(31)8-10-21/h3-16H,2,17-18H2,1H3,(H,32,36)(H,33,37). The van der Waals surface area contributed by atoms with E-state index in [1.807, 2.05) is 31.2 Å². The van der Waals surface area contributed by atoms with Gasteiger partial charge in [0.1, 0.15) is 18.8 Å². The molecule has 2 N–H and O–H groups in total. The van der Waals surface area contributed by atoms with Gasteiger partial charge in [0.05, 0.1) is 11.5 Å². The fourth-order valence-corrected chi connectivity index (χ4v) is 5.29. The molecule has 1 aliphatic heterocycles.